The molecule has 0 amide bonds. The monoisotopic (exact) mass is 361 g/mol. The Morgan fingerprint density at radius 2 is 1.33 bits per heavy atom. The molecule has 128 valence electrons. The average Bonchev–Trinajstić information content (AvgIpc) is 2.59. The number of hydrogen-bond acceptors (Lipinski definition) is 1. The van der Waals surface area contributed by atoms with Crippen LogP contribution in [-0.2, 0) is 0 Å². The highest BCUT2D eigenvalue weighted by atomic mass is 35.5. The van der Waals surface area contributed by atoms with Gasteiger partial charge in [-0.15, -0.1) is 0 Å². The Morgan fingerprint density at radius 3 is 1.79 bits per heavy atom. The third kappa shape index (κ3) is 3.96. The van der Waals surface area contributed by atoms with E-state index in [-0.39, 0.29) is 6.04 Å². The number of nitrogens with zero attached hydrogens (tertiary/aromatic N) is 1. The molecule has 1 fully saturated rings. The molecule has 1 aliphatic heterocycles. The van der Waals surface area contributed by atoms with Crippen LogP contribution in [0.4, 0.5) is 0 Å². The Balaban J connectivity index is 2.03. The molecule has 1 heterocycles. The summed E-state index contributed by atoms with van der Waals surface area (Å²) in [5.74, 6) is 0.646. The SMILES string of the molecule is CC(C)[C@@H]1CCCCN1C(c1ccc(Cl)cc1)c1ccc(Cl)cc1. The van der Waals surface area contributed by atoms with Crippen LogP contribution in [0, 0.1) is 5.92 Å². The van der Waals surface area contributed by atoms with Crippen molar-refractivity contribution < 1.29 is 0 Å². The fourth-order valence-corrected chi connectivity index (χ4v) is 4.13. The second-order valence-electron chi connectivity index (χ2n) is 7.05. The van der Waals surface area contributed by atoms with Gasteiger partial charge in [-0.25, -0.2) is 0 Å². The zero-order valence-electron chi connectivity index (χ0n) is 14.4. The number of piperidine rings is 1. The molecule has 0 bridgehead atoms. The largest absolute Gasteiger partial charge is 0.289 e. The molecule has 1 aliphatic rings. The van der Waals surface area contributed by atoms with Crippen LogP contribution in [0.2, 0.25) is 10.0 Å². The van der Waals surface area contributed by atoms with Crippen molar-refractivity contribution in [2.75, 3.05) is 6.54 Å². The van der Waals surface area contributed by atoms with Gasteiger partial charge in [-0.3, -0.25) is 4.90 Å². The van der Waals surface area contributed by atoms with Gasteiger partial charge in [0.05, 0.1) is 6.04 Å². The molecule has 3 rings (SSSR count). The van der Waals surface area contributed by atoms with Gasteiger partial charge in [0.2, 0.25) is 0 Å². The van der Waals surface area contributed by atoms with Gasteiger partial charge >= 0.3 is 0 Å². The molecule has 0 radical (unpaired) electrons. The van der Waals surface area contributed by atoms with E-state index in [0.29, 0.717) is 12.0 Å². The van der Waals surface area contributed by atoms with E-state index in [0.717, 1.165) is 16.6 Å². The first-order chi connectivity index (χ1) is 11.6. The number of likely N-dealkylation sites (tertiary alicyclic amines) is 1. The Labute approximate surface area is 155 Å². The van der Waals surface area contributed by atoms with Crippen LogP contribution in [0.3, 0.4) is 0 Å². The third-order valence-corrected chi connectivity index (χ3v) is 5.57. The lowest BCUT2D eigenvalue weighted by molar-refractivity contribution is 0.0816. The van der Waals surface area contributed by atoms with Gasteiger partial charge in [-0.2, -0.15) is 0 Å². The number of hydrogen-bond donors (Lipinski definition) is 0. The summed E-state index contributed by atoms with van der Waals surface area (Å²) in [5, 5.41) is 1.57. The lowest BCUT2D eigenvalue weighted by Crippen LogP contribution is -2.45. The minimum absolute atomic E-state index is 0.257. The smallest absolute Gasteiger partial charge is 0.0604 e. The first kappa shape index (κ1) is 17.8. The second kappa shape index (κ2) is 7.91. The fourth-order valence-electron chi connectivity index (χ4n) is 3.88. The number of benzene rings is 2. The predicted molar refractivity (Wildman–Crippen MR) is 104 cm³/mol. The van der Waals surface area contributed by atoms with E-state index in [4.69, 9.17) is 23.2 Å². The van der Waals surface area contributed by atoms with E-state index in [1.54, 1.807) is 0 Å². The average molecular weight is 362 g/mol. The van der Waals surface area contributed by atoms with Crippen LogP contribution in [-0.4, -0.2) is 17.5 Å². The molecule has 1 saturated heterocycles. The zero-order valence-corrected chi connectivity index (χ0v) is 15.9. The predicted octanol–water partition coefficient (Wildman–Crippen LogP) is 6.59. The molecule has 3 heteroatoms. The molecule has 0 aliphatic carbocycles. The van der Waals surface area contributed by atoms with Crippen molar-refractivity contribution in [1.29, 1.82) is 0 Å². The standard InChI is InChI=1S/C21H25Cl2N/c1-15(2)20-5-3-4-14-24(20)21(16-6-10-18(22)11-7-16)17-8-12-19(23)13-9-17/h6-13,15,20-21H,3-5,14H2,1-2H3/t20-/m0/s1. The minimum Gasteiger partial charge on any atom is -0.289 e. The highest BCUT2D eigenvalue weighted by Crippen LogP contribution is 2.37. The summed E-state index contributed by atoms with van der Waals surface area (Å²) in [6.45, 7) is 5.81. The van der Waals surface area contributed by atoms with Crippen LogP contribution in [0.5, 0.6) is 0 Å². The zero-order chi connectivity index (χ0) is 17.1. The molecule has 0 N–H and O–H groups in total. The van der Waals surface area contributed by atoms with Crippen molar-refractivity contribution in [3.05, 3.63) is 69.7 Å². The Morgan fingerprint density at radius 1 is 0.833 bits per heavy atom. The summed E-state index contributed by atoms with van der Waals surface area (Å²) in [4.78, 5) is 2.68. The van der Waals surface area contributed by atoms with E-state index in [1.165, 1.54) is 30.4 Å². The second-order valence-corrected chi connectivity index (χ2v) is 7.92. The van der Waals surface area contributed by atoms with E-state index in [9.17, 15) is 0 Å². The molecule has 24 heavy (non-hydrogen) atoms. The lowest BCUT2D eigenvalue weighted by atomic mass is 9.87. The van der Waals surface area contributed by atoms with Gasteiger partial charge < -0.3 is 0 Å². The first-order valence-corrected chi connectivity index (χ1v) is 9.58. The van der Waals surface area contributed by atoms with Gasteiger partial charge in [0.1, 0.15) is 0 Å². The Bertz CT molecular complexity index is 603. The van der Waals surface area contributed by atoms with Crippen molar-refractivity contribution >= 4 is 23.2 Å². The van der Waals surface area contributed by atoms with E-state index < -0.39 is 0 Å². The van der Waals surface area contributed by atoms with Crippen LogP contribution in [0.25, 0.3) is 0 Å². The van der Waals surface area contributed by atoms with Gasteiger partial charge in [-0.05, 0) is 60.7 Å². The van der Waals surface area contributed by atoms with E-state index in [2.05, 4.69) is 43.0 Å². The highest BCUT2D eigenvalue weighted by molar-refractivity contribution is 6.30. The molecule has 2 aromatic carbocycles. The molecular weight excluding hydrogens is 337 g/mol. The van der Waals surface area contributed by atoms with Crippen LogP contribution < -0.4 is 0 Å². The van der Waals surface area contributed by atoms with Crippen molar-refractivity contribution in [1.82, 2.24) is 4.90 Å². The first-order valence-electron chi connectivity index (χ1n) is 8.83. The van der Waals surface area contributed by atoms with Crippen LogP contribution in [0.1, 0.15) is 50.3 Å². The summed E-state index contributed by atoms with van der Waals surface area (Å²) in [5.41, 5.74) is 2.60. The summed E-state index contributed by atoms with van der Waals surface area (Å²) >= 11 is 12.2. The van der Waals surface area contributed by atoms with Crippen molar-refractivity contribution in [3.63, 3.8) is 0 Å². The van der Waals surface area contributed by atoms with E-state index >= 15 is 0 Å². The maximum absolute atomic E-state index is 6.12. The van der Waals surface area contributed by atoms with Gasteiger partial charge in [0, 0.05) is 16.1 Å². The number of halogens is 2. The molecule has 1 atom stereocenters. The quantitative estimate of drug-likeness (QED) is 0.593. The molecule has 0 saturated carbocycles. The van der Waals surface area contributed by atoms with Gasteiger partial charge in [0.25, 0.3) is 0 Å². The Hall–Kier alpha value is -1.02. The topological polar surface area (TPSA) is 3.24 Å². The molecule has 0 unspecified atom stereocenters. The normalized spacial score (nSPS) is 19.2. The maximum atomic E-state index is 6.12. The fraction of sp³-hybridized carbons (Fsp3) is 0.429. The highest BCUT2D eigenvalue weighted by Gasteiger charge is 2.32. The van der Waals surface area contributed by atoms with Crippen molar-refractivity contribution in [2.24, 2.45) is 5.92 Å². The molecule has 0 aromatic heterocycles. The van der Waals surface area contributed by atoms with Crippen molar-refractivity contribution in [2.45, 2.75) is 45.2 Å². The summed E-state index contributed by atoms with van der Waals surface area (Å²) in [6, 6.07) is 17.5. The van der Waals surface area contributed by atoms with E-state index in [1.807, 2.05) is 24.3 Å². The Kier molecular flexibility index (Phi) is 5.86. The third-order valence-electron chi connectivity index (χ3n) is 5.06. The summed E-state index contributed by atoms with van der Waals surface area (Å²) in [6.07, 6.45) is 3.86. The summed E-state index contributed by atoms with van der Waals surface area (Å²) in [7, 11) is 0. The number of rotatable bonds is 4. The molecule has 1 nitrogen and oxygen atoms in total. The minimum atomic E-state index is 0.257. The van der Waals surface area contributed by atoms with Crippen molar-refractivity contribution in [3.8, 4) is 0 Å². The van der Waals surface area contributed by atoms with Crippen LogP contribution >= 0.6 is 23.2 Å². The van der Waals surface area contributed by atoms with Crippen LogP contribution in [0.15, 0.2) is 48.5 Å². The van der Waals surface area contributed by atoms with Gasteiger partial charge in [0.15, 0.2) is 0 Å². The lowest BCUT2D eigenvalue weighted by Gasteiger charge is -2.43. The maximum Gasteiger partial charge on any atom is 0.0604 e. The molecule has 0 spiro atoms. The summed E-state index contributed by atoms with van der Waals surface area (Å²) < 4.78 is 0. The molecule has 2 aromatic rings. The molecular formula is C21H25Cl2N. The van der Waals surface area contributed by atoms with Gasteiger partial charge in [-0.1, -0.05) is 67.7 Å².